The van der Waals surface area contributed by atoms with Crippen LogP contribution in [0.5, 0.6) is 0 Å². The molecule has 0 aliphatic carbocycles. The first-order valence-corrected chi connectivity index (χ1v) is 13.5. The first kappa shape index (κ1) is 29.7. The molecule has 2 aromatic rings. The fourth-order valence-electron chi connectivity index (χ4n) is 5.64. The summed E-state index contributed by atoms with van der Waals surface area (Å²) in [7, 11) is 0. The molecule has 0 radical (unpaired) electrons. The number of halogens is 1. The summed E-state index contributed by atoms with van der Waals surface area (Å²) in [6.07, 6.45) is 3.83. The quantitative estimate of drug-likeness (QED) is 0.467. The number of rotatable bonds is 9. The zero-order chi connectivity index (χ0) is 26.6. The van der Waals surface area contributed by atoms with E-state index in [1.165, 1.54) is 5.56 Å². The predicted octanol–water partition coefficient (Wildman–Crippen LogP) is 4.98. The average molecular weight is 542 g/mol. The third-order valence-corrected chi connectivity index (χ3v) is 7.73. The summed E-state index contributed by atoms with van der Waals surface area (Å²) in [5.41, 5.74) is 2.71. The number of carboxylic acids is 1. The van der Waals surface area contributed by atoms with Crippen LogP contribution in [0.2, 0.25) is 0 Å². The zero-order valence-electron chi connectivity index (χ0n) is 22.6. The van der Waals surface area contributed by atoms with Gasteiger partial charge in [0.2, 0.25) is 11.8 Å². The van der Waals surface area contributed by atoms with Crippen molar-refractivity contribution in [3.8, 4) is 11.1 Å². The van der Waals surface area contributed by atoms with Crippen molar-refractivity contribution in [3.63, 3.8) is 0 Å². The molecular formula is C30H40ClN3O4. The maximum Gasteiger partial charge on any atom is 0.335 e. The van der Waals surface area contributed by atoms with E-state index in [9.17, 15) is 14.4 Å². The molecule has 2 amide bonds. The summed E-state index contributed by atoms with van der Waals surface area (Å²) in [5.74, 6) is -0.499. The van der Waals surface area contributed by atoms with Crippen molar-refractivity contribution >= 4 is 30.2 Å². The minimum atomic E-state index is -0.930. The van der Waals surface area contributed by atoms with Gasteiger partial charge in [-0.05, 0) is 66.5 Å². The molecule has 2 fully saturated rings. The van der Waals surface area contributed by atoms with Crippen LogP contribution in [-0.4, -0.2) is 63.9 Å². The van der Waals surface area contributed by atoms with Gasteiger partial charge in [0.25, 0.3) is 0 Å². The van der Waals surface area contributed by atoms with Crippen LogP contribution < -0.4 is 5.32 Å². The summed E-state index contributed by atoms with van der Waals surface area (Å²) < 4.78 is 0. The van der Waals surface area contributed by atoms with E-state index in [2.05, 4.69) is 43.1 Å². The largest absolute Gasteiger partial charge is 0.478 e. The molecule has 7 nitrogen and oxygen atoms in total. The highest BCUT2D eigenvalue weighted by Crippen LogP contribution is 2.35. The van der Waals surface area contributed by atoms with Crippen molar-refractivity contribution < 1.29 is 19.5 Å². The summed E-state index contributed by atoms with van der Waals surface area (Å²) >= 11 is 0. The Hall–Kier alpha value is -2.90. The molecule has 0 aromatic heterocycles. The van der Waals surface area contributed by atoms with E-state index in [1.807, 2.05) is 29.2 Å². The number of carbonyl (C=O) groups excluding carboxylic acids is 2. The maximum atomic E-state index is 13.5. The van der Waals surface area contributed by atoms with Crippen molar-refractivity contribution in [2.45, 2.75) is 71.0 Å². The van der Waals surface area contributed by atoms with Crippen LogP contribution in [0.3, 0.4) is 0 Å². The molecule has 2 aromatic carbocycles. The molecule has 2 aliphatic heterocycles. The van der Waals surface area contributed by atoms with E-state index >= 15 is 0 Å². The lowest BCUT2D eigenvalue weighted by Crippen LogP contribution is -2.73. The van der Waals surface area contributed by atoms with Gasteiger partial charge < -0.3 is 15.3 Å². The molecule has 0 saturated carbocycles. The number of nitrogens with one attached hydrogen (secondary N) is 1. The fraction of sp³-hybridized carbons (Fsp3) is 0.500. The summed E-state index contributed by atoms with van der Waals surface area (Å²) in [6.45, 7) is 9.17. The van der Waals surface area contributed by atoms with Gasteiger partial charge in [0.1, 0.15) is 11.6 Å². The van der Waals surface area contributed by atoms with Gasteiger partial charge in [0.15, 0.2) is 0 Å². The van der Waals surface area contributed by atoms with Crippen LogP contribution in [0.4, 0.5) is 0 Å². The highest BCUT2D eigenvalue weighted by molar-refractivity contribution is 6.00. The SMILES string of the molecule is CCCCN1C(=O)[C@H](CC(C)C)NC(=O)C12CCN(Cc1cccc(-c3ccc(C(=O)O)cc3)c1)CC2.Cl. The normalized spacial score (nSPS) is 19.4. The lowest BCUT2D eigenvalue weighted by Gasteiger charge is -2.52. The number of likely N-dealkylation sites (tertiary alicyclic amines) is 1. The lowest BCUT2D eigenvalue weighted by molar-refractivity contribution is -0.161. The van der Waals surface area contributed by atoms with Gasteiger partial charge in [0, 0.05) is 26.2 Å². The van der Waals surface area contributed by atoms with Crippen LogP contribution in [0.1, 0.15) is 68.8 Å². The number of hydrogen-bond donors (Lipinski definition) is 2. The number of aromatic carboxylic acids is 1. The first-order chi connectivity index (χ1) is 17.7. The molecule has 38 heavy (non-hydrogen) atoms. The van der Waals surface area contributed by atoms with Crippen LogP contribution in [0.25, 0.3) is 11.1 Å². The topological polar surface area (TPSA) is 90.0 Å². The lowest BCUT2D eigenvalue weighted by atomic mass is 9.80. The Morgan fingerprint density at radius 3 is 2.37 bits per heavy atom. The van der Waals surface area contributed by atoms with E-state index in [0.29, 0.717) is 31.7 Å². The van der Waals surface area contributed by atoms with Crippen LogP contribution >= 0.6 is 12.4 Å². The minimum absolute atomic E-state index is 0. The third kappa shape index (κ3) is 6.38. The standard InChI is InChI=1S/C30H39N3O4.ClH/c1-4-5-15-33-27(34)26(18-21(2)3)31-29(37)30(33)13-16-32(17-14-30)20-22-7-6-8-25(19-22)23-9-11-24(12-10-23)28(35)36;/h6-12,19,21,26H,4-5,13-18,20H2,1-3H3,(H,31,37)(H,35,36);1H/t26-;/m0./s1. The van der Waals surface area contributed by atoms with Crippen LogP contribution in [-0.2, 0) is 16.1 Å². The zero-order valence-corrected chi connectivity index (χ0v) is 23.4. The Kier molecular flexibility index (Phi) is 9.96. The first-order valence-electron chi connectivity index (χ1n) is 13.5. The second-order valence-corrected chi connectivity index (χ2v) is 10.9. The van der Waals surface area contributed by atoms with E-state index in [0.717, 1.165) is 43.6 Å². The molecule has 2 N–H and O–H groups in total. The van der Waals surface area contributed by atoms with Gasteiger partial charge in [-0.2, -0.15) is 0 Å². The minimum Gasteiger partial charge on any atom is -0.478 e. The van der Waals surface area contributed by atoms with Crippen LogP contribution in [0, 0.1) is 5.92 Å². The average Bonchev–Trinajstić information content (AvgIpc) is 2.88. The highest BCUT2D eigenvalue weighted by atomic mass is 35.5. The fourth-order valence-corrected chi connectivity index (χ4v) is 5.64. The van der Waals surface area contributed by atoms with Crippen molar-refractivity contribution in [1.82, 2.24) is 15.1 Å². The van der Waals surface area contributed by atoms with Gasteiger partial charge in [-0.1, -0.05) is 57.5 Å². The smallest absolute Gasteiger partial charge is 0.335 e. The predicted molar refractivity (Wildman–Crippen MR) is 151 cm³/mol. The molecule has 2 saturated heterocycles. The molecule has 1 atom stereocenters. The number of benzene rings is 2. The molecular weight excluding hydrogens is 502 g/mol. The maximum absolute atomic E-state index is 13.5. The number of carbonyl (C=O) groups is 3. The molecule has 8 heteroatoms. The van der Waals surface area contributed by atoms with Gasteiger partial charge in [-0.3, -0.25) is 14.5 Å². The molecule has 2 aliphatic rings. The number of carboxylic acid groups (broad SMARTS) is 1. The van der Waals surface area contributed by atoms with Gasteiger partial charge in [0.05, 0.1) is 5.56 Å². The van der Waals surface area contributed by atoms with Gasteiger partial charge >= 0.3 is 5.97 Å². The molecule has 206 valence electrons. The Bertz CT molecular complexity index is 1130. The van der Waals surface area contributed by atoms with Crippen molar-refractivity contribution in [1.29, 1.82) is 0 Å². The van der Waals surface area contributed by atoms with E-state index in [1.54, 1.807) is 12.1 Å². The van der Waals surface area contributed by atoms with E-state index in [-0.39, 0.29) is 29.8 Å². The Morgan fingerprint density at radius 2 is 1.76 bits per heavy atom. The third-order valence-electron chi connectivity index (χ3n) is 7.73. The second-order valence-electron chi connectivity index (χ2n) is 10.9. The number of hydrogen-bond acceptors (Lipinski definition) is 4. The Labute approximate surface area is 232 Å². The summed E-state index contributed by atoms with van der Waals surface area (Å²) in [4.78, 5) is 42.3. The number of nitrogens with zero attached hydrogens (tertiary/aromatic N) is 2. The number of unbranched alkanes of at least 4 members (excludes halogenated alkanes) is 1. The summed E-state index contributed by atoms with van der Waals surface area (Å²) in [6, 6.07) is 14.8. The molecule has 1 spiro atoms. The molecule has 4 rings (SSSR count). The number of amides is 2. The monoisotopic (exact) mass is 541 g/mol. The van der Waals surface area contributed by atoms with Gasteiger partial charge in [-0.15, -0.1) is 12.4 Å². The molecule has 0 bridgehead atoms. The van der Waals surface area contributed by atoms with Crippen molar-refractivity contribution in [3.05, 3.63) is 59.7 Å². The highest BCUT2D eigenvalue weighted by Gasteiger charge is 2.53. The number of piperazine rings is 1. The van der Waals surface area contributed by atoms with E-state index in [4.69, 9.17) is 5.11 Å². The van der Waals surface area contributed by atoms with Crippen molar-refractivity contribution in [2.24, 2.45) is 5.92 Å². The summed E-state index contributed by atoms with van der Waals surface area (Å²) in [5, 5.41) is 12.2. The number of piperidine rings is 1. The van der Waals surface area contributed by atoms with Gasteiger partial charge in [-0.25, -0.2) is 4.79 Å². The second kappa shape index (κ2) is 12.8. The molecule has 2 heterocycles. The Balaban J connectivity index is 0.00000400. The van der Waals surface area contributed by atoms with E-state index < -0.39 is 17.6 Å². The van der Waals surface area contributed by atoms with Crippen LogP contribution in [0.15, 0.2) is 48.5 Å². The Morgan fingerprint density at radius 1 is 1.08 bits per heavy atom. The molecule has 0 unspecified atom stereocenters. The van der Waals surface area contributed by atoms with Crippen molar-refractivity contribution in [2.75, 3.05) is 19.6 Å².